The summed E-state index contributed by atoms with van der Waals surface area (Å²) in [5, 5.41) is 0. The van der Waals surface area contributed by atoms with Gasteiger partial charge in [0, 0.05) is 5.56 Å². The Labute approximate surface area is 159 Å². The molecule has 1 nitrogen and oxygen atoms in total. The maximum Gasteiger partial charge on any atom is 0.387 e. The Morgan fingerprint density at radius 2 is 1.82 bits per heavy atom. The van der Waals surface area contributed by atoms with Gasteiger partial charge in [-0.1, -0.05) is 30.1 Å². The van der Waals surface area contributed by atoms with Crippen molar-refractivity contribution in [3.05, 3.63) is 76.1 Å². The third-order valence-electron chi connectivity index (χ3n) is 4.60. The van der Waals surface area contributed by atoms with Crippen molar-refractivity contribution >= 4 is 0 Å². The highest BCUT2D eigenvalue weighted by Crippen LogP contribution is 2.30. The van der Waals surface area contributed by atoms with Gasteiger partial charge in [-0.25, -0.2) is 13.2 Å². The zero-order valence-corrected chi connectivity index (χ0v) is 15.0. The number of fused-ring (bicyclic) bond motifs is 1. The molecule has 0 N–H and O–H groups in total. The molecule has 28 heavy (non-hydrogen) atoms. The lowest BCUT2D eigenvalue weighted by Crippen LogP contribution is -2.14. The van der Waals surface area contributed by atoms with Gasteiger partial charge in [-0.2, -0.15) is 8.78 Å². The molecule has 1 unspecified atom stereocenters. The standard InChI is InChI=1S/C22H17F5O/c1-2-3-13-5-9-17-16(10-13)8-7-15(20(17)25)6-4-14-11-18(23)21(19(24)12-14)28-22(26)27/h2-3,7-8,11-13,22H,5,9-10H2,1H3/b3-2+. The molecular formula is C22H17F5O. The number of benzene rings is 2. The van der Waals surface area contributed by atoms with Gasteiger partial charge in [0.1, 0.15) is 5.82 Å². The molecular weight excluding hydrogens is 375 g/mol. The Balaban J connectivity index is 1.87. The molecule has 0 fully saturated rings. The predicted molar refractivity (Wildman–Crippen MR) is 95.7 cm³/mol. The molecule has 1 atom stereocenters. The van der Waals surface area contributed by atoms with E-state index in [0.717, 1.165) is 30.5 Å². The summed E-state index contributed by atoms with van der Waals surface area (Å²) in [6.45, 7) is -1.40. The molecule has 1 aliphatic carbocycles. The highest BCUT2D eigenvalue weighted by atomic mass is 19.3. The third kappa shape index (κ3) is 4.36. The lowest BCUT2D eigenvalue weighted by molar-refractivity contribution is -0.0546. The fraction of sp³-hybridized carbons (Fsp3) is 0.273. The first-order chi connectivity index (χ1) is 13.4. The van der Waals surface area contributed by atoms with Gasteiger partial charge in [-0.15, -0.1) is 0 Å². The van der Waals surface area contributed by atoms with Crippen molar-refractivity contribution in [3.8, 4) is 17.6 Å². The SMILES string of the molecule is C/C=C/C1CCc2c(ccc(C#Cc3cc(F)c(OC(F)F)c(F)c3)c2F)C1. The van der Waals surface area contributed by atoms with E-state index in [9.17, 15) is 22.0 Å². The summed E-state index contributed by atoms with van der Waals surface area (Å²) in [6, 6.07) is 4.90. The predicted octanol–water partition coefficient (Wildman–Crippen LogP) is 5.79. The minimum absolute atomic E-state index is 0.109. The number of hydrogen-bond donors (Lipinski definition) is 0. The van der Waals surface area contributed by atoms with Gasteiger partial charge in [0.05, 0.1) is 5.56 Å². The summed E-state index contributed by atoms with van der Waals surface area (Å²) < 4.78 is 70.4. The number of ether oxygens (including phenoxy) is 1. The van der Waals surface area contributed by atoms with Gasteiger partial charge in [0.25, 0.3) is 0 Å². The van der Waals surface area contributed by atoms with E-state index in [4.69, 9.17) is 0 Å². The van der Waals surface area contributed by atoms with E-state index < -0.39 is 29.8 Å². The summed E-state index contributed by atoms with van der Waals surface area (Å²) in [5.41, 5.74) is 1.56. The monoisotopic (exact) mass is 392 g/mol. The van der Waals surface area contributed by atoms with Crippen LogP contribution in [0, 0.1) is 35.2 Å². The van der Waals surface area contributed by atoms with Crippen LogP contribution in [0.4, 0.5) is 22.0 Å². The topological polar surface area (TPSA) is 9.23 Å². The molecule has 0 aliphatic heterocycles. The molecule has 0 heterocycles. The average Bonchev–Trinajstić information content (AvgIpc) is 2.64. The maximum absolute atomic E-state index is 14.8. The van der Waals surface area contributed by atoms with Crippen LogP contribution in [0.15, 0.2) is 36.4 Å². The lowest BCUT2D eigenvalue weighted by Gasteiger charge is -2.23. The Morgan fingerprint density at radius 1 is 1.11 bits per heavy atom. The van der Waals surface area contributed by atoms with E-state index in [1.54, 1.807) is 6.07 Å². The van der Waals surface area contributed by atoms with Gasteiger partial charge in [0.2, 0.25) is 0 Å². The number of allylic oxidation sites excluding steroid dienone is 2. The summed E-state index contributed by atoms with van der Waals surface area (Å²) in [4.78, 5) is 0. The van der Waals surface area contributed by atoms with Crippen molar-refractivity contribution in [2.45, 2.75) is 32.8 Å². The number of halogens is 5. The molecule has 0 spiro atoms. The van der Waals surface area contributed by atoms with Gasteiger partial charge in [-0.3, -0.25) is 0 Å². The molecule has 146 valence electrons. The van der Waals surface area contributed by atoms with Crippen molar-refractivity contribution in [1.82, 2.24) is 0 Å². The maximum atomic E-state index is 14.8. The summed E-state index contributed by atoms with van der Waals surface area (Å²) in [6.07, 6.45) is 6.29. The van der Waals surface area contributed by atoms with Crippen molar-refractivity contribution < 1.29 is 26.7 Å². The fourth-order valence-corrected chi connectivity index (χ4v) is 3.34. The van der Waals surface area contributed by atoms with E-state index in [0.29, 0.717) is 17.9 Å². The quantitative estimate of drug-likeness (QED) is 0.365. The first-order valence-corrected chi connectivity index (χ1v) is 8.78. The minimum atomic E-state index is -3.35. The van der Waals surface area contributed by atoms with Crippen molar-refractivity contribution in [2.24, 2.45) is 5.92 Å². The fourth-order valence-electron chi connectivity index (χ4n) is 3.34. The number of alkyl halides is 2. The van der Waals surface area contributed by atoms with Crippen LogP contribution in [-0.4, -0.2) is 6.61 Å². The summed E-state index contributed by atoms with van der Waals surface area (Å²) in [5.74, 6) is 1.23. The van der Waals surface area contributed by atoms with Gasteiger partial charge in [0.15, 0.2) is 17.4 Å². The number of rotatable bonds is 3. The molecule has 6 heteroatoms. The first-order valence-electron chi connectivity index (χ1n) is 8.78. The van der Waals surface area contributed by atoms with Crippen LogP contribution in [0.5, 0.6) is 5.75 Å². The Bertz CT molecular complexity index is 946. The molecule has 0 bridgehead atoms. The van der Waals surface area contributed by atoms with Crippen LogP contribution in [0.3, 0.4) is 0 Å². The molecule has 0 radical (unpaired) electrons. The second-order valence-corrected chi connectivity index (χ2v) is 6.49. The third-order valence-corrected chi connectivity index (χ3v) is 4.60. The van der Waals surface area contributed by atoms with E-state index >= 15 is 0 Å². The van der Waals surface area contributed by atoms with Gasteiger partial charge < -0.3 is 4.74 Å². The van der Waals surface area contributed by atoms with Crippen molar-refractivity contribution in [1.29, 1.82) is 0 Å². The lowest BCUT2D eigenvalue weighted by atomic mass is 9.82. The summed E-state index contributed by atoms with van der Waals surface area (Å²) >= 11 is 0. The smallest absolute Gasteiger partial charge is 0.387 e. The zero-order valence-electron chi connectivity index (χ0n) is 15.0. The van der Waals surface area contributed by atoms with Gasteiger partial charge >= 0.3 is 6.61 Å². The highest BCUT2D eigenvalue weighted by molar-refractivity contribution is 5.49. The molecule has 0 amide bonds. The largest absolute Gasteiger partial charge is 0.429 e. The van der Waals surface area contributed by atoms with Crippen LogP contribution in [0.1, 0.15) is 35.6 Å². The second kappa shape index (κ2) is 8.47. The molecule has 0 saturated heterocycles. The van der Waals surface area contributed by atoms with E-state index in [-0.39, 0.29) is 11.1 Å². The Kier molecular flexibility index (Phi) is 6.03. The average molecular weight is 392 g/mol. The molecule has 0 saturated carbocycles. The Hall–Kier alpha value is -2.81. The molecule has 1 aliphatic rings. The van der Waals surface area contributed by atoms with E-state index in [1.165, 1.54) is 0 Å². The Morgan fingerprint density at radius 3 is 2.46 bits per heavy atom. The second-order valence-electron chi connectivity index (χ2n) is 6.49. The first kappa shape index (κ1) is 19.9. The van der Waals surface area contributed by atoms with Crippen molar-refractivity contribution in [3.63, 3.8) is 0 Å². The van der Waals surface area contributed by atoms with Gasteiger partial charge in [-0.05, 0) is 61.4 Å². The molecule has 3 rings (SSSR count). The van der Waals surface area contributed by atoms with E-state index in [2.05, 4.69) is 22.7 Å². The molecule has 2 aromatic carbocycles. The van der Waals surface area contributed by atoms with Crippen LogP contribution in [0.2, 0.25) is 0 Å². The number of hydrogen-bond acceptors (Lipinski definition) is 1. The van der Waals surface area contributed by atoms with Crippen molar-refractivity contribution in [2.75, 3.05) is 0 Å². The molecule has 2 aromatic rings. The van der Waals surface area contributed by atoms with Crippen LogP contribution in [0.25, 0.3) is 0 Å². The zero-order chi connectivity index (χ0) is 20.3. The highest BCUT2D eigenvalue weighted by Gasteiger charge is 2.21. The van der Waals surface area contributed by atoms with E-state index in [1.807, 2.05) is 19.1 Å². The van der Waals surface area contributed by atoms with Crippen LogP contribution in [-0.2, 0) is 12.8 Å². The normalized spacial score (nSPS) is 16.0. The van der Waals surface area contributed by atoms with Crippen LogP contribution < -0.4 is 4.74 Å². The van der Waals surface area contributed by atoms with Crippen LogP contribution >= 0.6 is 0 Å². The minimum Gasteiger partial charge on any atom is -0.429 e. The summed E-state index contributed by atoms with van der Waals surface area (Å²) in [7, 11) is 0. The molecule has 0 aromatic heterocycles.